The van der Waals surface area contributed by atoms with Crippen LogP contribution in [0.2, 0.25) is 10.0 Å². The van der Waals surface area contributed by atoms with Gasteiger partial charge in [-0.2, -0.15) is 0 Å². The summed E-state index contributed by atoms with van der Waals surface area (Å²) >= 11 is 11.6. The van der Waals surface area contributed by atoms with Crippen LogP contribution in [-0.2, 0) is 14.8 Å². The molecular weight excluding hydrogens is 421 g/mol. The molecule has 0 bridgehead atoms. The standard InChI is InChI=1S/C15H9Cl2F4NO3S/c1-2-12(23)22-26(24,25)11-3-6(7(16)4-8(11)17)13-9(18)5-10(19)14(20)15(13)21/h3-5H,2H2,1H3,(H,22,23). The third kappa shape index (κ3) is 3.79. The Hall–Kier alpha value is -1.84. The van der Waals surface area contributed by atoms with E-state index in [2.05, 4.69) is 0 Å². The monoisotopic (exact) mass is 429 g/mol. The Labute approximate surface area is 155 Å². The Bertz CT molecular complexity index is 1010. The summed E-state index contributed by atoms with van der Waals surface area (Å²) in [6.45, 7) is 1.39. The molecule has 0 saturated carbocycles. The van der Waals surface area contributed by atoms with Crippen molar-refractivity contribution in [3.8, 4) is 11.1 Å². The Morgan fingerprint density at radius 3 is 2.19 bits per heavy atom. The van der Waals surface area contributed by atoms with Gasteiger partial charge < -0.3 is 0 Å². The van der Waals surface area contributed by atoms with Crippen molar-refractivity contribution < 1.29 is 30.8 Å². The van der Waals surface area contributed by atoms with E-state index < -0.39 is 65.3 Å². The van der Waals surface area contributed by atoms with Gasteiger partial charge in [0.2, 0.25) is 5.91 Å². The minimum absolute atomic E-state index is 0.0890. The van der Waals surface area contributed by atoms with Gasteiger partial charge in [0.25, 0.3) is 10.0 Å². The lowest BCUT2D eigenvalue weighted by Gasteiger charge is -2.13. The van der Waals surface area contributed by atoms with E-state index in [1.165, 1.54) is 6.92 Å². The smallest absolute Gasteiger partial charge is 0.265 e. The minimum Gasteiger partial charge on any atom is -0.274 e. The summed E-state index contributed by atoms with van der Waals surface area (Å²) < 4.78 is 80.7. The van der Waals surface area contributed by atoms with Gasteiger partial charge in [0, 0.05) is 18.1 Å². The lowest BCUT2D eigenvalue weighted by Crippen LogP contribution is -2.30. The van der Waals surface area contributed by atoms with Gasteiger partial charge in [-0.05, 0) is 12.1 Å². The van der Waals surface area contributed by atoms with Gasteiger partial charge in [0.05, 0.1) is 15.6 Å². The molecule has 0 saturated heterocycles. The molecule has 0 aliphatic rings. The molecule has 2 aromatic rings. The van der Waals surface area contributed by atoms with E-state index in [1.54, 1.807) is 4.72 Å². The topological polar surface area (TPSA) is 63.2 Å². The number of carbonyl (C=O) groups is 1. The molecule has 140 valence electrons. The fraction of sp³-hybridized carbons (Fsp3) is 0.133. The molecular formula is C15H9Cl2F4NO3S. The predicted octanol–water partition coefficient (Wildman–Crippen LogP) is 4.43. The molecule has 0 heterocycles. The number of halogens is 6. The van der Waals surface area contributed by atoms with Gasteiger partial charge in [-0.3, -0.25) is 4.79 Å². The van der Waals surface area contributed by atoms with E-state index in [9.17, 15) is 30.8 Å². The zero-order valence-corrected chi connectivity index (χ0v) is 15.2. The summed E-state index contributed by atoms with van der Waals surface area (Å²) in [7, 11) is -4.50. The number of hydrogen-bond acceptors (Lipinski definition) is 3. The predicted molar refractivity (Wildman–Crippen MR) is 87.3 cm³/mol. The van der Waals surface area contributed by atoms with Crippen molar-refractivity contribution in [1.82, 2.24) is 4.72 Å². The third-order valence-electron chi connectivity index (χ3n) is 3.26. The van der Waals surface area contributed by atoms with E-state index in [1.807, 2.05) is 0 Å². The van der Waals surface area contributed by atoms with Gasteiger partial charge in [-0.25, -0.2) is 30.7 Å². The number of carbonyl (C=O) groups excluding carboxylic acids is 1. The summed E-state index contributed by atoms with van der Waals surface area (Å²) in [6, 6.07) is 1.60. The number of rotatable bonds is 4. The summed E-state index contributed by atoms with van der Waals surface area (Å²) in [5, 5.41) is -0.863. The number of sulfonamides is 1. The highest BCUT2D eigenvalue weighted by Gasteiger charge is 2.26. The van der Waals surface area contributed by atoms with Crippen molar-refractivity contribution in [3.05, 3.63) is 51.5 Å². The first-order valence-corrected chi connectivity index (χ1v) is 9.11. The molecule has 0 fully saturated rings. The molecule has 0 aromatic heterocycles. The number of nitrogens with one attached hydrogen (secondary N) is 1. The van der Waals surface area contributed by atoms with Crippen LogP contribution in [0.3, 0.4) is 0 Å². The molecule has 0 aliphatic carbocycles. The maximum atomic E-state index is 14.0. The van der Waals surface area contributed by atoms with E-state index in [0.29, 0.717) is 6.07 Å². The van der Waals surface area contributed by atoms with E-state index in [0.717, 1.165) is 6.07 Å². The van der Waals surface area contributed by atoms with Gasteiger partial charge in [-0.1, -0.05) is 30.1 Å². The Morgan fingerprint density at radius 1 is 1.00 bits per heavy atom. The molecule has 0 aliphatic heterocycles. The molecule has 1 N–H and O–H groups in total. The summed E-state index contributed by atoms with van der Waals surface area (Å²) in [6.07, 6.45) is -0.163. The molecule has 4 nitrogen and oxygen atoms in total. The van der Waals surface area contributed by atoms with E-state index in [-0.39, 0.29) is 12.5 Å². The van der Waals surface area contributed by atoms with Crippen LogP contribution in [0, 0.1) is 23.3 Å². The van der Waals surface area contributed by atoms with Gasteiger partial charge in [0.1, 0.15) is 10.7 Å². The van der Waals surface area contributed by atoms with Crippen LogP contribution < -0.4 is 4.72 Å². The van der Waals surface area contributed by atoms with Crippen LogP contribution in [0.1, 0.15) is 13.3 Å². The average Bonchev–Trinajstić information content (AvgIpc) is 2.53. The normalized spacial score (nSPS) is 11.5. The maximum absolute atomic E-state index is 14.0. The second kappa shape index (κ2) is 7.42. The Kier molecular flexibility index (Phi) is 5.84. The van der Waals surface area contributed by atoms with Crippen LogP contribution in [0.15, 0.2) is 23.1 Å². The fourth-order valence-corrected chi connectivity index (χ4v) is 3.94. The zero-order chi connectivity index (χ0) is 19.8. The van der Waals surface area contributed by atoms with Crippen molar-refractivity contribution in [2.24, 2.45) is 0 Å². The van der Waals surface area contributed by atoms with Crippen LogP contribution in [0.4, 0.5) is 17.6 Å². The summed E-state index contributed by atoms with van der Waals surface area (Å²) in [4.78, 5) is 10.6. The van der Waals surface area contributed by atoms with Crippen LogP contribution in [0.5, 0.6) is 0 Å². The van der Waals surface area contributed by atoms with E-state index in [4.69, 9.17) is 23.2 Å². The maximum Gasteiger partial charge on any atom is 0.265 e. The number of benzene rings is 2. The lowest BCUT2D eigenvalue weighted by atomic mass is 10.0. The molecule has 0 atom stereocenters. The average molecular weight is 430 g/mol. The number of amides is 1. The molecule has 11 heteroatoms. The molecule has 0 unspecified atom stereocenters. The molecule has 0 spiro atoms. The van der Waals surface area contributed by atoms with Crippen molar-refractivity contribution in [3.63, 3.8) is 0 Å². The quantitative estimate of drug-likeness (QED) is 0.444. The summed E-state index contributed by atoms with van der Waals surface area (Å²) in [5.41, 5.74) is -1.67. The van der Waals surface area contributed by atoms with Crippen LogP contribution >= 0.6 is 23.2 Å². The first-order valence-electron chi connectivity index (χ1n) is 6.87. The highest BCUT2D eigenvalue weighted by molar-refractivity contribution is 7.90. The lowest BCUT2D eigenvalue weighted by molar-refractivity contribution is -0.119. The Balaban J connectivity index is 2.75. The van der Waals surface area contributed by atoms with Crippen LogP contribution in [-0.4, -0.2) is 14.3 Å². The molecule has 2 aromatic carbocycles. The van der Waals surface area contributed by atoms with Crippen molar-refractivity contribution in [2.45, 2.75) is 18.2 Å². The highest BCUT2D eigenvalue weighted by Crippen LogP contribution is 2.38. The van der Waals surface area contributed by atoms with Gasteiger partial charge in [-0.15, -0.1) is 0 Å². The second-order valence-corrected chi connectivity index (χ2v) is 7.45. The van der Waals surface area contributed by atoms with Crippen molar-refractivity contribution in [2.75, 3.05) is 0 Å². The fourth-order valence-electron chi connectivity index (χ4n) is 2.02. The van der Waals surface area contributed by atoms with Gasteiger partial charge >= 0.3 is 0 Å². The molecule has 26 heavy (non-hydrogen) atoms. The molecule has 0 radical (unpaired) electrons. The minimum atomic E-state index is -4.50. The largest absolute Gasteiger partial charge is 0.274 e. The first-order chi connectivity index (χ1) is 12.0. The number of hydrogen-bond donors (Lipinski definition) is 1. The molecule has 2 rings (SSSR count). The second-order valence-electron chi connectivity index (χ2n) is 4.99. The van der Waals surface area contributed by atoms with Crippen LogP contribution in [0.25, 0.3) is 11.1 Å². The Morgan fingerprint density at radius 2 is 1.62 bits per heavy atom. The summed E-state index contributed by atoms with van der Waals surface area (Å²) in [5.74, 6) is -7.99. The van der Waals surface area contributed by atoms with Crippen molar-refractivity contribution >= 4 is 39.1 Å². The van der Waals surface area contributed by atoms with Gasteiger partial charge in [0.15, 0.2) is 17.5 Å². The third-order valence-corrected chi connectivity index (χ3v) is 5.41. The van der Waals surface area contributed by atoms with E-state index >= 15 is 0 Å². The first kappa shape index (κ1) is 20.5. The molecule has 1 amide bonds. The zero-order valence-electron chi connectivity index (χ0n) is 12.8. The van der Waals surface area contributed by atoms with Crippen molar-refractivity contribution in [1.29, 1.82) is 0 Å². The SMILES string of the molecule is CCC(=O)NS(=O)(=O)c1cc(-c2c(F)cc(F)c(F)c2F)c(Cl)cc1Cl. The highest BCUT2D eigenvalue weighted by atomic mass is 35.5.